The van der Waals surface area contributed by atoms with E-state index >= 15 is 0 Å². The van der Waals surface area contributed by atoms with Gasteiger partial charge in [-0.15, -0.1) is 0 Å². The summed E-state index contributed by atoms with van der Waals surface area (Å²) in [4.78, 5) is 11.1. The third-order valence-corrected chi connectivity index (χ3v) is 6.42. The number of benzene rings is 2. The average molecular weight is 399 g/mol. The van der Waals surface area contributed by atoms with Crippen molar-refractivity contribution in [3.05, 3.63) is 71.8 Å². The smallest absolute Gasteiger partial charge is 0.303 e. The van der Waals surface area contributed by atoms with E-state index in [-0.39, 0.29) is 16.8 Å². The fraction of sp³-hybridized carbons (Fsp3) is 0.500. The van der Waals surface area contributed by atoms with E-state index in [2.05, 4.69) is 52.0 Å². The summed E-state index contributed by atoms with van der Waals surface area (Å²) in [5, 5.41) is 10.00. The van der Waals surface area contributed by atoms with Crippen LogP contribution in [-0.2, 0) is 20.4 Å². The van der Waals surface area contributed by atoms with Gasteiger partial charge in [-0.2, -0.15) is 0 Å². The van der Waals surface area contributed by atoms with Crippen molar-refractivity contribution in [2.75, 3.05) is 0 Å². The van der Waals surface area contributed by atoms with Crippen molar-refractivity contribution in [2.45, 2.75) is 84.3 Å². The molecule has 160 valence electrons. The molecular formula is C26H38O3. The van der Waals surface area contributed by atoms with Crippen LogP contribution in [0.25, 0.3) is 0 Å². The van der Waals surface area contributed by atoms with Gasteiger partial charge >= 0.3 is 5.97 Å². The lowest BCUT2D eigenvalue weighted by atomic mass is 9.72. The fourth-order valence-electron chi connectivity index (χ4n) is 2.90. The first kappa shape index (κ1) is 24.9. The summed E-state index contributed by atoms with van der Waals surface area (Å²) in [6, 6.07) is 20.2. The normalized spacial score (nSPS) is 12.6. The Morgan fingerprint density at radius 1 is 0.690 bits per heavy atom. The Bertz CT molecular complexity index is 767. The maximum Gasteiger partial charge on any atom is 0.303 e. The number of carbonyl (C=O) groups excluding carboxylic acids is 1. The quantitative estimate of drug-likeness (QED) is 0.625. The van der Waals surface area contributed by atoms with Gasteiger partial charge in [0.15, 0.2) is 0 Å². The standard InChI is InChI=1S/C14H20O2.C12H18O/c1-11(15)16-14(4,5)13(2,3)12-9-7-6-8-10-12;1-11(2,12(3,4)13)10-8-6-5-7-9-10/h6-10H,1-5H3;5-9,13H,1-4H3. The Balaban J connectivity index is 0.000000296. The third kappa shape index (κ3) is 6.17. The van der Waals surface area contributed by atoms with Crippen LogP contribution in [0, 0.1) is 0 Å². The van der Waals surface area contributed by atoms with Crippen LogP contribution in [0.4, 0.5) is 0 Å². The Hall–Kier alpha value is -2.13. The minimum atomic E-state index is -0.700. The molecule has 0 amide bonds. The second-order valence-corrected chi connectivity index (χ2v) is 9.65. The number of hydrogen-bond acceptors (Lipinski definition) is 3. The van der Waals surface area contributed by atoms with Crippen LogP contribution in [0.2, 0.25) is 0 Å². The molecule has 0 radical (unpaired) electrons. The average Bonchev–Trinajstić information content (AvgIpc) is 2.61. The summed E-state index contributed by atoms with van der Waals surface area (Å²) in [6.07, 6.45) is 0. The highest BCUT2D eigenvalue weighted by Crippen LogP contribution is 2.37. The maximum absolute atomic E-state index is 11.1. The second kappa shape index (κ2) is 9.13. The van der Waals surface area contributed by atoms with Crippen molar-refractivity contribution in [3.63, 3.8) is 0 Å². The van der Waals surface area contributed by atoms with Crippen LogP contribution in [0.15, 0.2) is 60.7 Å². The van der Waals surface area contributed by atoms with Gasteiger partial charge in [0.05, 0.1) is 5.60 Å². The van der Waals surface area contributed by atoms with Crippen LogP contribution >= 0.6 is 0 Å². The van der Waals surface area contributed by atoms with Crippen molar-refractivity contribution in [1.29, 1.82) is 0 Å². The van der Waals surface area contributed by atoms with E-state index < -0.39 is 11.2 Å². The highest BCUT2D eigenvalue weighted by molar-refractivity contribution is 5.66. The minimum absolute atomic E-state index is 0.214. The first-order valence-electron chi connectivity index (χ1n) is 10.2. The molecule has 0 saturated carbocycles. The molecule has 29 heavy (non-hydrogen) atoms. The molecular weight excluding hydrogens is 360 g/mol. The highest BCUT2D eigenvalue weighted by Gasteiger charge is 2.41. The molecule has 2 rings (SSSR count). The molecule has 2 aromatic rings. The van der Waals surface area contributed by atoms with E-state index in [4.69, 9.17) is 4.74 Å². The summed E-state index contributed by atoms with van der Waals surface area (Å²) in [5.41, 5.74) is 0.673. The van der Waals surface area contributed by atoms with E-state index in [9.17, 15) is 9.90 Å². The van der Waals surface area contributed by atoms with Crippen LogP contribution in [0.3, 0.4) is 0 Å². The van der Waals surface area contributed by atoms with Crippen LogP contribution in [-0.4, -0.2) is 22.3 Å². The van der Waals surface area contributed by atoms with Crippen molar-refractivity contribution in [1.82, 2.24) is 0 Å². The maximum atomic E-state index is 11.1. The molecule has 0 aromatic heterocycles. The number of hydrogen-bond donors (Lipinski definition) is 1. The summed E-state index contributed by atoms with van der Waals surface area (Å²) < 4.78 is 5.42. The molecule has 0 aliphatic heterocycles. The first-order chi connectivity index (χ1) is 13.1. The monoisotopic (exact) mass is 398 g/mol. The molecule has 3 nitrogen and oxygen atoms in total. The van der Waals surface area contributed by atoms with E-state index in [1.807, 2.05) is 64.1 Å². The van der Waals surface area contributed by atoms with Gasteiger partial charge < -0.3 is 9.84 Å². The van der Waals surface area contributed by atoms with E-state index in [1.54, 1.807) is 0 Å². The Morgan fingerprint density at radius 3 is 1.34 bits per heavy atom. The lowest BCUT2D eigenvalue weighted by molar-refractivity contribution is -0.159. The van der Waals surface area contributed by atoms with Crippen molar-refractivity contribution in [3.8, 4) is 0 Å². The third-order valence-electron chi connectivity index (χ3n) is 6.42. The molecule has 0 saturated heterocycles. The van der Waals surface area contributed by atoms with Crippen LogP contribution < -0.4 is 0 Å². The molecule has 0 bridgehead atoms. The zero-order valence-electron chi connectivity index (χ0n) is 19.5. The summed E-state index contributed by atoms with van der Waals surface area (Å²) in [6.45, 7) is 17.3. The second-order valence-electron chi connectivity index (χ2n) is 9.65. The molecule has 2 aromatic carbocycles. The topological polar surface area (TPSA) is 46.5 Å². The van der Waals surface area contributed by atoms with Gasteiger partial charge in [0.25, 0.3) is 0 Å². The minimum Gasteiger partial charge on any atom is -0.459 e. The summed E-state index contributed by atoms with van der Waals surface area (Å²) in [5.74, 6) is -0.242. The Kier molecular flexibility index (Phi) is 7.84. The van der Waals surface area contributed by atoms with Crippen LogP contribution in [0.5, 0.6) is 0 Å². The van der Waals surface area contributed by atoms with Gasteiger partial charge in [-0.3, -0.25) is 4.79 Å². The highest BCUT2D eigenvalue weighted by atomic mass is 16.6. The van der Waals surface area contributed by atoms with Gasteiger partial charge in [0, 0.05) is 17.8 Å². The Morgan fingerprint density at radius 2 is 1.03 bits per heavy atom. The number of ether oxygens (including phenoxy) is 1. The van der Waals surface area contributed by atoms with Gasteiger partial charge in [-0.25, -0.2) is 0 Å². The van der Waals surface area contributed by atoms with Gasteiger partial charge in [0.1, 0.15) is 5.60 Å². The molecule has 3 heteroatoms. The first-order valence-corrected chi connectivity index (χ1v) is 10.2. The number of esters is 1. The zero-order chi connectivity index (χ0) is 22.5. The Labute approximate surface area is 177 Å². The molecule has 0 heterocycles. The summed E-state index contributed by atoms with van der Waals surface area (Å²) in [7, 11) is 0. The predicted molar refractivity (Wildman–Crippen MR) is 121 cm³/mol. The molecule has 0 aliphatic rings. The summed E-state index contributed by atoms with van der Waals surface area (Å²) >= 11 is 0. The molecule has 0 atom stereocenters. The SMILES string of the molecule is CC(=O)OC(C)(C)C(C)(C)c1ccccc1.CC(C)(O)C(C)(C)c1ccccc1. The molecule has 0 aliphatic carbocycles. The number of carbonyl (C=O) groups is 1. The van der Waals surface area contributed by atoms with Gasteiger partial charge in [-0.1, -0.05) is 88.4 Å². The molecule has 1 N–H and O–H groups in total. The van der Waals surface area contributed by atoms with Gasteiger partial charge in [-0.05, 0) is 38.8 Å². The lowest BCUT2D eigenvalue weighted by Crippen LogP contribution is -2.46. The molecule has 0 spiro atoms. The largest absolute Gasteiger partial charge is 0.459 e. The van der Waals surface area contributed by atoms with Crippen LogP contribution in [0.1, 0.15) is 73.4 Å². The predicted octanol–water partition coefficient (Wildman–Crippen LogP) is 6.04. The van der Waals surface area contributed by atoms with E-state index in [1.165, 1.54) is 18.1 Å². The zero-order valence-corrected chi connectivity index (χ0v) is 19.5. The lowest BCUT2D eigenvalue weighted by Gasteiger charge is -2.41. The van der Waals surface area contributed by atoms with Gasteiger partial charge in [0.2, 0.25) is 0 Å². The van der Waals surface area contributed by atoms with Crippen molar-refractivity contribution >= 4 is 5.97 Å². The van der Waals surface area contributed by atoms with Crippen molar-refractivity contribution in [2.24, 2.45) is 0 Å². The molecule has 0 unspecified atom stereocenters. The van der Waals surface area contributed by atoms with E-state index in [0.29, 0.717) is 0 Å². The number of aliphatic hydroxyl groups is 1. The number of rotatable bonds is 5. The fourth-order valence-corrected chi connectivity index (χ4v) is 2.90. The van der Waals surface area contributed by atoms with Crippen molar-refractivity contribution < 1.29 is 14.6 Å². The van der Waals surface area contributed by atoms with E-state index in [0.717, 1.165) is 0 Å². The molecule has 0 fully saturated rings.